The van der Waals surface area contributed by atoms with E-state index in [1.807, 2.05) is 0 Å². The highest BCUT2D eigenvalue weighted by Crippen LogP contribution is 2.38. The molecule has 20 heavy (non-hydrogen) atoms. The first-order valence-electron chi connectivity index (χ1n) is 6.05. The molecule has 0 aromatic heterocycles. The second kappa shape index (κ2) is 6.00. The zero-order valence-electron chi connectivity index (χ0n) is 10.8. The third kappa shape index (κ3) is 3.33. The molecule has 2 N–H and O–H groups in total. The van der Waals surface area contributed by atoms with Gasteiger partial charge in [-0.2, -0.15) is 0 Å². The van der Waals surface area contributed by atoms with Gasteiger partial charge in [0, 0.05) is 13.3 Å². The first kappa shape index (κ1) is 14.5. The first-order valence-corrected chi connectivity index (χ1v) is 6.43. The lowest BCUT2D eigenvalue weighted by molar-refractivity contribution is -0.141. The molecule has 0 radical (unpaired) electrons. The van der Waals surface area contributed by atoms with Gasteiger partial charge in [-0.15, -0.1) is 0 Å². The summed E-state index contributed by atoms with van der Waals surface area (Å²) in [5, 5.41) is 11.8. The second-order valence-electron chi connectivity index (χ2n) is 4.40. The van der Waals surface area contributed by atoms with E-state index in [0.29, 0.717) is 35.3 Å². The molecule has 1 amide bonds. The fourth-order valence-corrected chi connectivity index (χ4v) is 2.25. The van der Waals surface area contributed by atoms with Gasteiger partial charge in [0.2, 0.25) is 5.91 Å². The molecule has 1 aliphatic heterocycles. The highest BCUT2D eigenvalue weighted by atomic mass is 35.5. The lowest BCUT2D eigenvalue weighted by atomic mass is 10.0. The zero-order chi connectivity index (χ0) is 14.7. The van der Waals surface area contributed by atoms with Crippen LogP contribution in [0.25, 0.3) is 0 Å². The molecule has 0 saturated carbocycles. The van der Waals surface area contributed by atoms with E-state index in [0.717, 1.165) is 0 Å². The minimum atomic E-state index is -1.11. The van der Waals surface area contributed by atoms with E-state index in [1.54, 1.807) is 12.1 Å². The van der Waals surface area contributed by atoms with Crippen molar-refractivity contribution < 1.29 is 24.2 Å². The van der Waals surface area contributed by atoms with Crippen LogP contribution in [-0.2, 0) is 16.0 Å². The van der Waals surface area contributed by atoms with Crippen molar-refractivity contribution in [2.24, 2.45) is 0 Å². The van der Waals surface area contributed by atoms with Gasteiger partial charge < -0.3 is 19.9 Å². The van der Waals surface area contributed by atoms with E-state index in [4.69, 9.17) is 26.2 Å². The van der Waals surface area contributed by atoms with Crippen LogP contribution in [0.1, 0.15) is 12.5 Å². The standard InChI is InChI=1S/C13H14ClNO5/c1-7(16)15-10(13(17)18)5-8-4-9(14)12-11(6-8)19-2-3-20-12/h4,6,10H,2-3,5H2,1H3,(H,15,16)(H,17,18). The van der Waals surface area contributed by atoms with Crippen molar-refractivity contribution in [3.05, 3.63) is 22.7 Å². The Morgan fingerprint density at radius 3 is 2.75 bits per heavy atom. The Hall–Kier alpha value is -1.95. The summed E-state index contributed by atoms with van der Waals surface area (Å²) in [6.45, 7) is 2.11. The monoisotopic (exact) mass is 299 g/mol. The van der Waals surface area contributed by atoms with Crippen molar-refractivity contribution in [3.63, 3.8) is 0 Å². The molecule has 0 bridgehead atoms. The summed E-state index contributed by atoms with van der Waals surface area (Å²) in [7, 11) is 0. The smallest absolute Gasteiger partial charge is 0.326 e. The molecule has 1 heterocycles. The fourth-order valence-electron chi connectivity index (χ4n) is 1.96. The normalized spacial score (nSPS) is 14.5. The van der Waals surface area contributed by atoms with Crippen molar-refractivity contribution in [1.82, 2.24) is 5.32 Å². The van der Waals surface area contributed by atoms with Crippen LogP contribution < -0.4 is 14.8 Å². The quantitative estimate of drug-likeness (QED) is 0.874. The Kier molecular flexibility index (Phi) is 4.34. The van der Waals surface area contributed by atoms with Gasteiger partial charge in [0.25, 0.3) is 0 Å². The van der Waals surface area contributed by atoms with Gasteiger partial charge in [0.05, 0.1) is 5.02 Å². The van der Waals surface area contributed by atoms with Crippen LogP contribution in [0, 0.1) is 0 Å². The summed E-state index contributed by atoms with van der Waals surface area (Å²) in [5.41, 5.74) is 0.653. The molecule has 2 rings (SSSR count). The van der Waals surface area contributed by atoms with Gasteiger partial charge in [-0.3, -0.25) is 4.79 Å². The summed E-state index contributed by atoms with van der Waals surface area (Å²) in [5.74, 6) is -0.550. The average molecular weight is 300 g/mol. The van der Waals surface area contributed by atoms with Crippen molar-refractivity contribution in [2.75, 3.05) is 13.2 Å². The number of carboxylic acid groups (broad SMARTS) is 1. The molecule has 0 spiro atoms. The van der Waals surface area contributed by atoms with Gasteiger partial charge >= 0.3 is 5.97 Å². The Morgan fingerprint density at radius 2 is 2.10 bits per heavy atom. The predicted octanol–water partition coefficient (Wildman–Crippen LogP) is 1.24. The van der Waals surface area contributed by atoms with Gasteiger partial charge in [-0.1, -0.05) is 11.6 Å². The maximum absolute atomic E-state index is 11.1. The van der Waals surface area contributed by atoms with Crippen molar-refractivity contribution in [1.29, 1.82) is 0 Å². The summed E-state index contributed by atoms with van der Waals surface area (Å²) in [6.07, 6.45) is 0.116. The molecule has 0 aliphatic carbocycles. The van der Waals surface area contributed by atoms with E-state index >= 15 is 0 Å². The molecule has 6 nitrogen and oxygen atoms in total. The maximum Gasteiger partial charge on any atom is 0.326 e. The molecule has 0 fully saturated rings. The zero-order valence-corrected chi connectivity index (χ0v) is 11.6. The number of carbonyl (C=O) groups is 2. The molecule has 1 aromatic carbocycles. The molecule has 7 heteroatoms. The third-order valence-electron chi connectivity index (χ3n) is 2.77. The van der Waals surface area contributed by atoms with Gasteiger partial charge in [0.1, 0.15) is 19.3 Å². The van der Waals surface area contributed by atoms with Crippen LogP contribution in [0.4, 0.5) is 0 Å². The molecule has 0 saturated heterocycles. The lowest BCUT2D eigenvalue weighted by Gasteiger charge is -2.21. The SMILES string of the molecule is CC(=O)NC(Cc1cc(Cl)c2c(c1)OCCO2)C(=O)O. The summed E-state index contributed by atoms with van der Waals surface area (Å²) in [6, 6.07) is 2.29. The number of nitrogens with one attached hydrogen (secondary N) is 1. The number of hydrogen-bond acceptors (Lipinski definition) is 4. The van der Waals surface area contributed by atoms with Crippen LogP contribution >= 0.6 is 11.6 Å². The number of carbonyl (C=O) groups excluding carboxylic acids is 1. The largest absolute Gasteiger partial charge is 0.486 e. The highest BCUT2D eigenvalue weighted by molar-refractivity contribution is 6.32. The van der Waals surface area contributed by atoms with E-state index in [9.17, 15) is 9.59 Å². The Bertz CT molecular complexity index is 546. The summed E-state index contributed by atoms with van der Waals surface area (Å²) >= 11 is 6.08. The number of aliphatic carboxylic acids is 1. The number of rotatable bonds is 4. The number of hydrogen-bond donors (Lipinski definition) is 2. The van der Waals surface area contributed by atoms with Gasteiger partial charge in [-0.05, 0) is 17.7 Å². The Balaban J connectivity index is 2.22. The van der Waals surface area contributed by atoms with E-state index in [1.165, 1.54) is 6.92 Å². The predicted molar refractivity (Wildman–Crippen MR) is 71.4 cm³/mol. The van der Waals surface area contributed by atoms with Crippen LogP contribution in [0.15, 0.2) is 12.1 Å². The van der Waals surface area contributed by atoms with E-state index < -0.39 is 17.9 Å². The molecule has 108 valence electrons. The number of fused-ring (bicyclic) bond motifs is 1. The number of amides is 1. The molecule has 1 atom stereocenters. The lowest BCUT2D eigenvalue weighted by Crippen LogP contribution is -2.41. The minimum absolute atomic E-state index is 0.116. The average Bonchev–Trinajstić information content (AvgIpc) is 2.37. The topological polar surface area (TPSA) is 84.9 Å². The molecular weight excluding hydrogens is 286 g/mol. The fraction of sp³-hybridized carbons (Fsp3) is 0.385. The number of halogens is 1. The van der Waals surface area contributed by atoms with Gasteiger partial charge in [0.15, 0.2) is 11.5 Å². The first-order chi connectivity index (χ1) is 9.47. The number of carboxylic acids is 1. The molecular formula is C13H14ClNO5. The number of benzene rings is 1. The maximum atomic E-state index is 11.1. The van der Waals surface area contributed by atoms with Crippen LogP contribution in [0.2, 0.25) is 5.02 Å². The van der Waals surface area contributed by atoms with Crippen molar-refractivity contribution >= 4 is 23.5 Å². The van der Waals surface area contributed by atoms with Gasteiger partial charge in [-0.25, -0.2) is 4.79 Å². The highest BCUT2D eigenvalue weighted by Gasteiger charge is 2.22. The van der Waals surface area contributed by atoms with Crippen LogP contribution in [0.3, 0.4) is 0 Å². The van der Waals surface area contributed by atoms with Crippen LogP contribution in [0.5, 0.6) is 11.5 Å². The number of ether oxygens (including phenoxy) is 2. The second-order valence-corrected chi connectivity index (χ2v) is 4.80. The summed E-state index contributed by atoms with van der Waals surface area (Å²) < 4.78 is 10.8. The van der Waals surface area contributed by atoms with E-state index in [2.05, 4.69) is 5.32 Å². The Morgan fingerprint density at radius 1 is 1.40 bits per heavy atom. The van der Waals surface area contributed by atoms with E-state index in [-0.39, 0.29) is 6.42 Å². The molecule has 1 unspecified atom stereocenters. The molecule has 1 aliphatic rings. The van der Waals surface area contributed by atoms with Crippen molar-refractivity contribution in [2.45, 2.75) is 19.4 Å². The third-order valence-corrected chi connectivity index (χ3v) is 3.05. The Labute approximate surface area is 120 Å². The molecule has 1 aromatic rings. The van der Waals surface area contributed by atoms with Crippen molar-refractivity contribution in [3.8, 4) is 11.5 Å². The van der Waals surface area contributed by atoms with Crippen LogP contribution in [-0.4, -0.2) is 36.2 Å². The summed E-state index contributed by atoms with van der Waals surface area (Å²) in [4.78, 5) is 22.1. The minimum Gasteiger partial charge on any atom is -0.486 e.